The number of carbonyl (C=O) groups excluding carboxylic acids is 2. The van der Waals surface area contributed by atoms with Gasteiger partial charge in [-0.3, -0.25) is 9.59 Å². The van der Waals surface area contributed by atoms with E-state index in [4.69, 9.17) is 4.74 Å². The Kier molecular flexibility index (Phi) is 7.08. The highest BCUT2D eigenvalue weighted by molar-refractivity contribution is 5.86. The normalized spacial score (nSPS) is 25.2. The molecule has 3 rings (SSSR count). The molecule has 2 atom stereocenters. The Morgan fingerprint density at radius 1 is 1.21 bits per heavy atom. The van der Waals surface area contributed by atoms with Crippen LogP contribution in [-0.2, 0) is 20.7 Å². The fraction of sp³-hybridized carbons (Fsp3) is 0.636. The molecule has 0 spiro atoms. The van der Waals surface area contributed by atoms with E-state index in [2.05, 4.69) is 17.3 Å². The number of fused-ring (bicyclic) bond motifs is 1. The molecule has 2 aliphatic rings. The van der Waals surface area contributed by atoms with E-state index in [1.54, 1.807) is 0 Å². The van der Waals surface area contributed by atoms with E-state index in [-0.39, 0.29) is 17.9 Å². The molecular formula is C22H33N3O3. The lowest BCUT2D eigenvalue weighted by Gasteiger charge is -2.53. The number of benzene rings is 1. The second-order valence-corrected chi connectivity index (χ2v) is 7.99. The van der Waals surface area contributed by atoms with Crippen LogP contribution in [0.15, 0.2) is 30.3 Å². The van der Waals surface area contributed by atoms with Crippen molar-refractivity contribution >= 4 is 11.8 Å². The topological polar surface area (TPSA) is 61.9 Å². The molecular weight excluding hydrogens is 354 g/mol. The van der Waals surface area contributed by atoms with Crippen LogP contribution in [0.1, 0.15) is 31.7 Å². The van der Waals surface area contributed by atoms with Gasteiger partial charge in [0.05, 0.1) is 24.5 Å². The predicted octanol–water partition coefficient (Wildman–Crippen LogP) is 1.69. The largest absolute Gasteiger partial charge is 0.380 e. The molecule has 1 aromatic carbocycles. The van der Waals surface area contributed by atoms with Crippen molar-refractivity contribution in [1.82, 2.24) is 15.1 Å². The summed E-state index contributed by atoms with van der Waals surface area (Å²) in [5, 5.41) is 3.08. The third kappa shape index (κ3) is 4.55. The van der Waals surface area contributed by atoms with Crippen molar-refractivity contribution in [2.24, 2.45) is 5.41 Å². The fourth-order valence-electron chi connectivity index (χ4n) is 4.63. The van der Waals surface area contributed by atoms with Gasteiger partial charge in [0, 0.05) is 26.2 Å². The smallest absolute Gasteiger partial charge is 0.228 e. The lowest BCUT2D eigenvalue weighted by atomic mass is 9.67. The van der Waals surface area contributed by atoms with Crippen LogP contribution >= 0.6 is 0 Å². The molecule has 0 aromatic heterocycles. The summed E-state index contributed by atoms with van der Waals surface area (Å²) in [5.74, 6) is 0.209. The standard InChI is InChI=1S/C22H33N3O3/c1-3-28-15-12-23-21(27)22-10-7-13-25(19(22)17-24(2)14-11-22)20(26)16-18-8-5-4-6-9-18/h4-6,8-9,19H,3,7,10-17H2,1-2H3,(H,23,27)/t19-,22+/m0/s1. The number of likely N-dealkylation sites (tertiary alicyclic amines) is 2. The second-order valence-electron chi connectivity index (χ2n) is 7.99. The molecule has 0 bridgehead atoms. The zero-order valence-electron chi connectivity index (χ0n) is 17.2. The zero-order chi connectivity index (χ0) is 20.0. The van der Waals surface area contributed by atoms with E-state index >= 15 is 0 Å². The molecule has 0 saturated carbocycles. The number of ether oxygens (including phenoxy) is 1. The van der Waals surface area contributed by atoms with Gasteiger partial charge in [-0.15, -0.1) is 0 Å². The van der Waals surface area contributed by atoms with Crippen LogP contribution in [0.3, 0.4) is 0 Å². The van der Waals surface area contributed by atoms with E-state index in [9.17, 15) is 9.59 Å². The van der Waals surface area contributed by atoms with Crippen molar-refractivity contribution in [1.29, 1.82) is 0 Å². The van der Waals surface area contributed by atoms with Gasteiger partial charge in [0.15, 0.2) is 0 Å². The Morgan fingerprint density at radius 2 is 2.00 bits per heavy atom. The van der Waals surface area contributed by atoms with Crippen LogP contribution in [0, 0.1) is 5.41 Å². The number of likely N-dealkylation sites (N-methyl/N-ethyl adjacent to an activating group) is 1. The first-order valence-corrected chi connectivity index (χ1v) is 10.4. The average molecular weight is 388 g/mol. The van der Waals surface area contributed by atoms with Crippen molar-refractivity contribution in [2.75, 3.05) is 46.4 Å². The van der Waals surface area contributed by atoms with Gasteiger partial charge in [0.25, 0.3) is 0 Å². The van der Waals surface area contributed by atoms with Crippen LogP contribution in [0.4, 0.5) is 0 Å². The van der Waals surface area contributed by atoms with Crippen molar-refractivity contribution in [3.63, 3.8) is 0 Å². The molecule has 1 N–H and O–H groups in total. The quantitative estimate of drug-likeness (QED) is 0.724. The summed E-state index contributed by atoms with van der Waals surface area (Å²) >= 11 is 0. The summed E-state index contributed by atoms with van der Waals surface area (Å²) in [7, 11) is 2.07. The van der Waals surface area contributed by atoms with Gasteiger partial charge in [-0.25, -0.2) is 0 Å². The maximum atomic E-state index is 13.2. The van der Waals surface area contributed by atoms with Gasteiger partial charge in [0.2, 0.25) is 11.8 Å². The van der Waals surface area contributed by atoms with Crippen molar-refractivity contribution in [3.05, 3.63) is 35.9 Å². The van der Waals surface area contributed by atoms with Crippen LogP contribution < -0.4 is 5.32 Å². The van der Waals surface area contributed by atoms with Gasteiger partial charge < -0.3 is 19.9 Å². The SMILES string of the molecule is CCOCCNC(=O)[C@@]12CCCN(C(=O)Cc3ccccc3)[C@H]1CN(C)CC2. The van der Waals surface area contributed by atoms with Gasteiger partial charge >= 0.3 is 0 Å². The Balaban J connectivity index is 1.75. The molecule has 6 nitrogen and oxygen atoms in total. The lowest BCUT2D eigenvalue weighted by Crippen LogP contribution is -2.66. The molecule has 154 valence electrons. The second kappa shape index (κ2) is 9.52. The summed E-state index contributed by atoms with van der Waals surface area (Å²) in [5.41, 5.74) is 0.539. The number of nitrogens with zero attached hydrogens (tertiary/aromatic N) is 2. The number of amides is 2. The highest BCUT2D eigenvalue weighted by atomic mass is 16.5. The average Bonchev–Trinajstić information content (AvgIpc) is 2.71. The maximum absolute atomic E-state index is 13.2. The predicted molar refractivity (Wildman–Crippen MR) is 109 cm³/mol. The Labute approximate surface area is 168 Å². The monoisotopic (exact) mass is 387 g/mol. The third-order valence-electron chi connectivity index (χ3n) is 6.17. The van der Waals surface area contributed by atoms with Gasteiger partial charge in [0.1, 0.15) is 0 Å². The first kappa shape index (κ1) is 20.8. The van der Waals surface area contributed by atoms with Crippen molar-refractivity contribution in [3.8, 4) is 0 Å². The highest BCUT2D eigenvalue weighted by Crippen LogP contribution is 2.42. The van der Waals surface area contributed by atoms with Crippen molar-refractivity contribution < 1.29 is 14.3 Å². The molecule has 1 aromatic rings. The fourth-order valence-corrected chi connectivity index (χ4v) is 4.63. The number of piperidine rings is 2. The summed E-state index contributed by atoms with van der Waals surface area (Å²) < 4.78 is 5.36. The van der Waals surface area contributed by atoms with E-state index in [1.807, 2.05) is 42.2 Å². The summed E-state index contributed by atoms with van der Waals surface area (Å²) in [4.78, 5) is 30.6. The van der Waals surface area contributed by atoms with Gasteiger partial charge in [-0.2, -0.15) is 0 Å². The first-order valence-electron chi connectivity index (χ1n) is 10.4. The van der Waals surface area contributed by atoms with Gasteiger partial charge in [-0.05, 0) is 45.3 Å². The van der Waals surface area contributed by atoms with Crippen molar-refractivity contribution in [2.45, 2.75) is 38.6 Å². The molecule has 0 aliphatic carbocycles. The summed E-state index contributed by atoms with van der Waals surface area (Å²) in [6.45, 7) is 6.02. The number of nitrogens with one attached hydrogen (secondary N) is 1. The minimum Gasteiger partial charge on any atom is -0.380 e. The van der Waals surface area contributed by atoms with Gasteiger partial charge in [-0.1, -0.05) is 30.3 Å². The van der Waals surface area contributed by atoms with E-state index in [1.165, 1.54) is 0 Å². The number of carbonyl (C=O) groups is 2. The number of hydrogen-bond donors (Lipinski definition) is 1. The molecule has 0 unspecified atom stereocenters. The Hall–Kier alpha value is -1.92. The zero-order valence-corrected chi connectivity index (χ0v) is 17.2. The molecule has 2 amide bonds. The summed E-state index contributed by atoms with van der Waals surface area (Å²) in [6, 6.07) is 9.80. The molecule has 0 radical (unpaired) electrons. The third-order valence-corrected chi connectivity index (χ3v) is 6.17. The minimum atomic E-state index is -0.483. The van der Waals surface area contributed by atoms with Crippen LogP contribution in [0.25, 0.3) is 0 Å². The van der Waals surface area contributed by atoms with Crippen LogP contribution in [0.2, 0.25) is 0 Å². The highest BCUT2D eigenvalue weighted by Gasteiger charge is 2.53. The Morgan fingerprint density at radius 3 is 2.75 bits per heavy atom. The number of hydrogen-bond acceptors (Lipinski definition) is 4. The lowest BCUT2D eigenvalue weighted by molar-refractivity contribution is -0.153. The molecule has 2 aliphatic heterocycles. The molecule has 2 heterocycles. The molecule has 6 heteroatoms. The molecule has 2 saturated heterocycles. The van der Waals surface area contributed by atoms with E-state index in [0.29, 0.717) is 26.2 Å². The first-order chi connectivity index (χ1) is 13.6. The molecule has 28 heavy (non-hydrogen) atoms. The van der Waals surface area contributed by atoms with E-state index < -0.39 is 5.41 Å². The number of rotatable bonds is 7. The van der Waals surface area contributed by atoms with Crippen LogP contribution in [-0.4, -0.2) is 74.1 Å². The van der Waals surface area contributed by atoms with E-state index in [0.717, 1.165) is 44.5 Å². The maximum Gasteiger partial charge on any atom is 0.228 e. The van der Waals surface area contributed by atoms with Crippen LogP contribution in [0.5, 0.6) is 0 Å². The molecule has 2 fully saturated rings. The summed E-state index contributed by atoms with van der Waals surface area (Å²) in [6.07, 6.45) is 2.91. The Bertz CT molecular complexity index is 666. The minimum absolute atomic E-state index is 0.0664.